The molecule has 0 fully saturated rings. The van der Waals surface area contributed by atoms with E-state index in [1.54, 1.807) is 0 Å². The van der Waals surface area contributed by atoms with Crippen molar-refractivity contribution in [2.45, 2.75) is 110 Å². The Bertz CT molecular complexity index is 626. The number of hydrogen-bond acceptors (Lipinski definition) is 3. The molecule has 0 amide bonds. The van der Waals surface area contributed by atoms with Gasteiger partial charge in [-0.15, -0.1) is 0 Å². The third-order valence-electron chi connectivity index (χ3n) is 5.62. The van der Waals surface area contributed by atoms with Gasteiger partial charge in [0.1, 0.15) is 5.75 Å². The van der Waals surface area contributed by atoms with Gasteiger partial charge in [0.2, 0.25) is 0 Å². The van der Waals surface area contributed by atoms with E-state index in [4.69, 9.17) is 14.9 Å². The first-order valence-electron chi connectivity index (χ1n) is 12.2. The van der Waals surface area contributed by atoms with E-state index >= 15 is 0 Å². The molecule has 0 saturated heterocycles. The zero-order valence-electron chi connectivity index (χ0n) is 19.4. The van der Waals surface area contributed by atoms with Crippen molar-refractivity contribution in [1.29, 1.82) is 0 Å². The van der Waals surface area contributed by atoms with E-state index in [0.29, 0.717) is 12.8 Å². The maximum absolute atomic E-state index is 10.8. The summed E-state index contributed by atoms with van der Waals surface area (Å²) in [7, 11) is 0. The minimum Gasteiger partial charge on any atom is -0.494 e. The van der Waals surface area contributed by atoms with Gasteiger partial charge >= 0.3 is 11.9 Å². The average molecular weight is 435 g/mol. The molecule has 31 heavy (non-hydrogen) atoms. The topological polar surface area (TPSA) is 83.8 Å². The predicted molar refractivity (Wildman–Crippen MR) is 125 cm³/mol. The van der Waals surface area contributed by atoms with E-state index in [0.717, 1.165) is 44.5 Å². The minimum atomic E-state index is -0.753. The summed E-state index contributed by atoms with van der Waals surface area (Å²) in [6, 6.07) is 6.20. The lowest BCUT2D eigenvalue weighted by Crippen LogP contribution is -2.02. The molecule has 5 heteroatoms. The van der Waals surface area contributed by atoms with Gasteiger partial charge in [-0.3, -0.25) is 9.59 Å². The van der Waals surface area contributed by atoms with Gasteiger partial charge in [-0.2, -0.15) is 0 Å². The molecular weight excluding hydrogens is 392 g/mol. The van der Waals surface area contributed by atoms with Crippen molar-refractivity contribution in [2.75, 3.05) is 6.61 Å². The molecule has 0 radical (unpaired) electrons. The fraction of sp³-hybridized carbons (Fsp3) is 0.692. The Morgan fingerprint density at radius 1 is 0.710 bits per heavy atom. The van der Waals surface area contributed by atoms with Crippen molar-refractivity contribution in [3.63, 3.8) is 0 Å². The molecule has 0 spiro atoms. The first kappa shape index (κ1) is 27.0. The maximum Gasteiger partial charge on any atom is 0.303 e. The molecule has 0 atom stereocenters. The van der Waals surface area contributed by atoms with Gasteiger partial charge in [0.05, 0.1) is 6.61 Å². The molecule has 1 rings (SSSR count). The van der Waals surface area contributed by atoms with Gasteiger partial charge in [-0.1, -0.05) is 57.9 Å². The normalized spacial score (nSPS) is 10.9. The highest BCUT2D eigenvalue weighted by Gasteiger charge is 2.07. The van der Waals surface area contributed by atoms with Crippen LogP contribution < -0.4 is 4.74 Å². The average Bonchev–Trinajstić information content (AvgIpc) is 2.73. The predicted octanol–water partition coefficient (Wildman–Crippen LogP) is 6.80. The first-order valence-corrected chi connectivity index (χ1v) is 12.2. The molecule has 0 aliphatic carbocycles. The molecule has 2 N–H and O–H groups in total. The van der Waals surface area contributed by atoms with Crippen LogP contribution >= 0.6 is 0 Å². The van der Waals surface area contributed by atoms with Crippen molar-refractivity contribution in [3.05, 3.63) is 29.3 Å². The van der Waals surface area contributed by atoms with Gasteiger partial charge in [0.15, 0.2) is 0 Å². The second kappa shape index (κ2) is 17.6. The molecule has 0 saturated carbocycles. The Morgan fingerprint density at radius 2 is 1.26 bits per heavy atom. The van der Waals surface area contributed by atoms with Crippen LogP contribution in [0.1, 0.15) is 108 Å². The highest BCUT2D eigenvalue weighted by Crippen LogP contribution is 2.23. The van der Waals surface area contributed by atoms with Crippen LogP contribution in [0.25, 0.3) is 0 Å². The smallest absolute Gasteiger partial charge is 0.303 e. The van der Waals surface area contributed by atoms with Crippen LogP contribution in [0.2, 0.25) is 0 Å². The summed E-state index contributed by atoms with van der Waals surface area (Å²) in [6.07, 6.45) is 15.3. The molecule has 1 aromatic carbocycles. The van der Waals surface area contributed by atoms with Crippen molar-refractivity contribution >= 4 is 11.9 Å². The van der Waals surface area contributed by atoms with Crippen LogP contribution in [0.5, 0.6) is 5.75 Å². The molecule has 176 valence electrons. The third-order valence-corrected chi connectivity index (χ3v) is 5.62. The Kier molecular flexibility index (Phi) is 15.3. The molecular formula is C26H42O5. The fourth-order valence-electron chi connectivity index (χ4n) is 3.78. The number of carbonyl (C=O) groups is 2. The van der Waals surface area contributed by atoms with Crippen LogP contribution in [-0.4, -0.2) is 28.8 Å². The van der Waals surface area contributed by atoms with E-state index in [-0.39, 0.29) is 12.8 Å². The van der Waals surface area contributed by atoms with Crippen molar-refractivity contribution in [3.8, 4) is 5.75 Å². The number of unbranched alkanes of at least 4 members (excludes halogenated alkanes) is 9. The van der Waals surface area contributed by atoms with E-state index in [1.165, 1.54) is 56.1 Å². The highest BCUT2D eigenvalue weighted by atomic mass is 16.5. The fourth-order valence-corrected chi connectivity index (χ4v) is 3.78. The third kappa shape index (κ3) is 14.6. The Labute approximate surface area is 188 Å². The SMILES string of the molecule is CCCCCCCCCCOc1ccc(CCCCC(=O)O)c(CCCCC(=O)O)c1. The van der Waals surface area contributed by atoms with E-state index in [2.05, 4.69) is 19.1 Å². The summed E-state index contributed by atoms with van der Waals surface area (Å²) < 4.78 is 5.98. The number of carboxylic acid groups (broad SMARTS) is 2. The summed E-state index contributed by atoms with van der Waals surface area (Å²) in [4.78, 5) is 21.5. The molecule has 0 aromatic heterocycles. The highest BCUT2D eigenvalue weighted by molar-refractivity contribution is 5.66. The molecule has 5 nitrogen and oxygen atoms in total. The maximum atomic E-state index is 10.8. The quantitative estimate of drug-likeness (QED) is 0.220. The van der Waals surface area contributed by atoms with Crippen LogP contribution in [0.4, 0.5) is 0 Å². The lowest BCUT2D eigenvalue weighted by molar-refractivity contribution is -0.138. The molecule has 0 unspecified atom stereocenters. The lowest BCUT2D eigenvalue weighted by atomic mass is 9.96. The number of ether oxygens (including phenoxy) is 1. The summed E-state index contributed by atoms with van der Waals surface area (Å²) >= 11 is 0. The Morgan fingerprint density at radius 3 is 1.84 bits per heavy atom. The van der Waals surface area contributed by atoms with Crippen LogP contribution in [-0.2, 0) is 22.4 Å². The Balaban J connectivity index is 2.45. The van der Waals surface area contributed by atoms with Crippen molar-refractivity contribution in [1.82, 2.24) is 0 Å². The first-order chi connectivity index (χ1) is 15.0. The summed E-state index contributed by atoms with van der Waals surface area (Å²) in [5.74, 6) is -0.625. The Hall–Kier alpha value is -2.04. The molecule has 0 bridgehead atoms. The van der Waals surface area contributed by atoms with Gasteiger partial charge in [0.25, 0.3) is 0 Å². The van der Waals surface area contributed by atoms with E-state index in [9.17, 15) is 9.59 Å². The van der Waals surface area contributed by atoms with Crippen LogP contribution in [0.3, 0.4) is 0 Å². The molecule has 0 aliphatic rings. The van der Waals surface area contributed by atoms with E-state index in [1.807, 2.05) is 6.07 Å². The zero-order valence-corrected chi connectivity index (χ0v) is 19.4. The summed E-state index contributed by atoms with van der Waals surface area (Å²) in [5.41, 5.74) is 2.43. The van der Waals surface area contributed by atoms with Gasteiger partial charge < -0.3 is 14.9 Å². The van der Waals surface area contributed by atoms with Gasteiger partial charge in [-0.05, 0) is 68.2 Å². The largest absolute Gasteiger partial charge is 0.494 e. The lowest BCUT2D eigenvalue weighted by Gasteiger charge is -2.13. The number of benzene rings is 1. The van der Waals surface area contributed by atoms with E-state index < -0.39 is 11.9 Å². The number of aliphatic carboxylic acids is 2. The monoisotopic (exact) mass is 434 g/mol. The number of hydrogen-bond donors (Lipinski definition) is 2. The number of aryl methyl sites for hydroxylation is 2. The second-order valence-corrected chi connectivity index (χ2v) is 8.46. The standard InChI is InChI=1S/C26H42O5/c1-2-3-4-5-6-7-8-13-20-31-24-19-18-22(14-9-11-16-25(27)28)23(21-24)15-10-12-17-26(29)30/h18-19,21H,2-17,20H2,1H3,(H,27,28)(H,29,30). The molecule has 1 aromatic rings. The second-order valence-electron chi connectivity index (χ2n) is 8.46. The zero-order chi connectivity index (χ0) is 22.7. The van der Waals surface area contributed by atoms with Crippen LogP contribution in [0.15, 0.2) is 18.2 Å². The minimum absolute atomic E-state index is 0.197. The van der Waals surface area contributed by atoms with Crippen LogP contribution in [0, 0.1) is 0 Å². The summed E-state index contributed by atoms with van der Waals surface area (Å²) in [6.45, 7) is 2.97. The number of rotatable bonds is 20. The summed E-state index contributed by atoms with van der Waals surface area (Å²) in [5, 5.41) is 17.7. The molecule has 0 heterocycles. The number of carboxylic acids is 2. The van der Waals surface area contributed by atoms with Crippen molar-refractivity contribution in [2.24, 2.45) is 0 Å². The van der Waals surface area contributed by atoms with Gasteiger partial charge in [0, 0.05) is 12.8 Å². The molecule has 0 aliphatic heterocycles. The van der Waals surface area contributed by atoms with Gasteiger partial charge in [-0.25, -0.2) is 0 Å². The van der Waals surface area contributed by atoms with Crippen molar-refractivity contribution < 1.29 is 24.5 Å².